The Morgan fingerprint density at radius 3 is 2.79 bits per heavy atom. The first-order chi connectivity index (χ1) is 9.34. The van der Waals surface area contributed by atoms with Crippen LogP contribution in [0.25, 0.3) is 6.08 Å². The Hall–Kier alpha value is -1.71. The van der Waals surface area contributed by atoms with Gasteiger partial charge in [0.25, 0.3) is 0 Å². The molecule has 1 fully saturated rings. The predicted molar refractivity (Wildman–Crippen MR) is 72.7 cm³/mol. The Morgan fingerprint density at radius 2 is 1.95 bits per heavy atom. The first-order valence-electron chi connectivity index (χ1n) is 6.53. The van der Waals surface area contributed by atoms with Crippen molar-refractivity contribution in [3.05, 3.63) is 53.1 Å². The van der Waals surface area contributed by atoms with E-state index in [2.05, 4.69) is 0 Å². The average Bonchev–Trinajstić information content (AvgIpc) is 2.61. The van der Waals surface area contributed by atoms with Gasteiger partial charge in [-0.2, -0.15) is 0 Å². The standard InChI is InChI=1S/C16H16O3/c17-15-10-16-14(11-18-8-9-19-16)13(15)7-6-12-4-2-1-3-5-12/h1-7,16H,8-11H2/b7-6+. The number of carbonyl (C=O) groups excluding carboxylic acids is 1. The fourth-order valence-corrected chi connectivity index (χ4v) is 2.46. The Balaban J connectivity index is 1.87. The quantitative estimate of drug-likeness (QED) is 0.815. The number of ether oxygens (including phenoxy) is 2. The number of hydrogen-bond acceptors (Lipinski definition) is 3. The van der Waals surface area contributed by atoms with Crippen molar-refractivity contribution in [1.29, 1.82) is 0 Å². The molecule has 1 atom stereocenters. The number of carbonyl (C=O) groups is 1. The minimum absolute atomic E-state index is 0.0783. The maximum atomic E-state index is 12.0. The van der Waals surface area contributed by atoms with Gasteiger partial charge in [-0.3, -0.25) is 4.79 Å². The Morgan fingerprint density at radius 1 is 1.11 bits per heavy atom. The van der Waals surface area contributed by atoms with E-state index in [1.807, 2.05) is 42.5 Å². The van der Waals surface area contributed by atoms with Crippen LogP contribution >= 0.6 is 0 Å². The largest absolute Gasteiger partial charge is 0.375 e. The molecule has 1 aliphatic carbocycles. The second-order valence-electron chi connectivity index (χ2n) is 4.72. The topological polar surface area (TPSA) is 35.5 Å². The van der Waals surface area contributed by atoms with E-state index < -0.39 is 0 Å². The molecule has 0 N–H and O–H groups in total. The lowest BCUT2D eigenvalue weighted by Crippen LogP contribution is -2.13. The molecule has 3 heteroatoms. The molecule has 1 aliphatic heterocycles. The molecule has 98 valence electrons. The zero-order valence-electron chi connectivity index (χ0n) is 10.7. The van der Waals surface area contributed by atoms with E-state index >= 15 is 0 Å². The van der Waals surface area contributed by atoms with Gasteiger partial charge in [-0.15, -0.1) is 0 Å². The smallest absolute Gasteiger partial charge is 0.165 e. The van der Waals surface area contributed by atoms with Crippen LogP contribution in [0.3, 0.4) is 0 Å². The molecule has 1 heterocycles. The van der Waals surface area contributed by atoms with E-state index in [1.54, 1.807) is 0 Å². The minimum Gasteiger partial charge on any atom is -0.375 e. The van der Waals surface area contributed by atoms with Gasteiger partial charge < -0.3 is 9.47 Å². The number of rotatable bonds is 2. The number of allylic oxidation sites excluding steroid dienone is 2. The summed E-state index contributed by atoms with van der Waals surface area (Å²) in [6, 6.07) is 9.96. The highest BCUT2D eigenvalue weighted by atomic mass is 16.5. The van der Waals surface area contributed by atoms with Gasteiger partial charge in [-0.25, -0.2) is 0 Å². The molecule has 3 rings (SSSR count). The number of Topliss-reactive ketones (excluding diaryl/α,β-unsaturated/α-hetero) is 1. The van der Waals surface area contributed by atoms with Gasteiger partial charge >= 0.3 is 0 Å². The summed E-state index contributed by atoms with van der Waals surface area (Å²) in [5.74, 6) is 0.151. The lowest BCUT2D eigenvalue weighted by atomic mass is 10.1. The molecule has 1 aromatic carbocycles. The van der Waals surface area contributed by atoms with E-state index in [0.717, 1.165) is 16.7 Å². The van der Waals surface area contributed by atoms with Crippen molar-refractivity contribution in [2.24, 2.45) is 0 Å². The molecular weight excluding hydrogens is 240 g/mol. The number of ketones is 1. The van der Waals surface area contributed by atoms with Crippen molar-refractivity contribution in [2.75, 3.05) is 19.8 Å². The summed E-state index contributed by atoms with van der Waals surface area (Å²) in [5.41, 5.74) is 2.84. The molecule has 1 unspecified atom stereocenters. The van der Waals surface area contributed by atoms with Gasteiger partial charge in [0, 0.05) is 12.0 Å². The van der Waals surface area contributed by atoms with Crippen molar-refractivity contribution in [2.45, 2.75) is 12.5 Å². The molecule has 1 aromatic rings. The third-order valence-corrected chi connectivity index (χ3v) is 3.45. The summed E-state index contributed by atoms with van der Waals surface area (Å²) >= 11 is 0. The summed E-state index contributed by atoms with van der Waals surface area (Å²) in [4.78, 5) is 12.0. The van der Waals surface area contributed by atoms with Crippen LogP contribution < -0.4 is 0 Å². The highest BCUT2D eigenvalue weighted by Crippen LogP contribution is 2.29. The maximum absolute atomic E-state index is 12.0. The molecule has 3 nitrogen and oxygen atoms in total. The molecular formula is C16H16O3. The van der Waals surface area contributed by atoms with Gasteiger partial charge in [-0.05, 0) is 11.1 Å². The number of fused-ring (bicyclic) bond motifs is 1. The summed E-state index contributed by atoms with van der Waals surface area (Å²) in [6.45, 7) is 1.67. The molecule has 0 spiro atoms. The van der Waals surface area contributed by atoms with Crippen LogP contribution in [0, 0.1) is 0 Å². The normalized spacial score (nSPS) is 23.8. The fourth-order valence-electron chi connectivity index (χ4n) is 2.46. The summed E-state index contributed by atoms with van der Waals surface area (Å²) in [7, 11) is 0. The second-order valence-corrected chi connectivity index (χ2v) is 4.72. The Labute approximate surface area is 112 Å². The zero-order chi connectivity index (χ0) is 13.1. The van der Waals surface area contributed by atoms with E-state index in [0.29, 0.717) is 26.2 Å². The van der Waals surface area contributed by atoms with E-state index in [1.165, 1.54) is 0 Å². The molecule has 19 heavy (non-hydrogen) atoms. The first kappa shape index (κ1) is 12.3. The Bertz CT molecular complexity index is 528. The van der Waals surface area contributed by atoms with Gasteiger partial charge in [0.1, 0.15) is 0 Å². The highest BCUT2D eigenvalue weighted by Gasteiger charge is 2.32. The van der Waals surface area contributed by atoms with Gasteiger partial charge in [0.15, 0.2) is 5.78 Å². The van der Waals surface area contributed by atoms with Gasteiger partial charge in [-0.1, -0.05) is 42.5 Å². The van der Waals surface area contributed by atoms with Crippen LogP contribution in [0.15, 0.2) is 47.6 Å². The molecule has 0 amide bonds. The van der Waals surface area contributed by atoms with Crippen molar-refractivity contribution in [3.63, 3.8) is 0 Å². The number of benzene rings is 1. The third kappa shape index (κ3) is 2.67. The van der Waals surface area contributed by atoms with E-state index in [4.69, 9.17) is 9.47 Å². The monoisotopic (exact) mass is 256 g/mol. The maximum Gasteiger partial charge on any atom is 0.165 e. The van der Waals surface area contributed by atoms with Crippen LogP contribution in [0.1, 0.15) is 12.0 Å². The van der Waals surface area contributed by atoms with Crippen molar-refractivity contribution >= 4 is 11.9 Å². The van der Waals surface area contributed by atoms with Crippen molar-refractivity contribution < 1.29 is 14.3 Å². The van der Waals surface area contributed by atoms with Crippen LogP contribution in [-0.4, -0.2) is 31.7 Å². The van der Waals surface area contributed by atoms with Crippen LogP contribution in [0.5, 0.6) is 0 Å². The second kappa shape index (κ2) is 5.51. The zero-order valence-corrected chi connectivity index (χ0v) is 10.7. The minimum atomic E-state index is -0.0783. The Kier molecular flexibility index (Phi) is 3.58. The average molecular weight is 256 g/mol. The molecule has 0 radical (unpaired) electrons. The van der Waals surface area contributed by atoms with Crippen LogP contribution in [-0.2, 0) is 14.3 Å². The molecule has 0 saturated carbocycles. The first-order valence-corrected chi connectivity index (χ1v) is 6.53. The molecule has 1 saturated heterocycles. The molecule has 0 bridgehead atoms. The molecule has 2 aliphatic rings. The summed E-state index contributed by atoms with van der Waals surface area (Å²) in [6.07, 6.45) is 4.23. The highest BCUT2D eigenvalue weighted by molar-refractivity contribution is 6.03. The lowest BCUT2D eigenvalue weighted by molar-refractivity contribution is -0.116. The van der Waals surface area contributed by atoms with Crippen LogP contribution in [0.4, 0.5) is 0 Å². The van der Waals surface area contributed by atoms with Crippen molar-refractivity contribution in [1.82, 2.24) is 0 Å². The van der Waals surface area contributed by atoms with E-state index in [9.17, 15) is 4.79 Å². The van der Waals surface area contributed by atoms with Crippen LogP contribution in [0.2, 0.25) is 0 Å². The summed E-state index contributed by atoms with van der Waals surface area (Å²) < 4.78 is 11.1. The third-order valence-electron chi connectivity index (χ3n) is 3.45. The summed E-state index contributed by atoms with van der Waals surface area (Å²) in [5, 5.41) is 0. The van der Waals surface area contributed by atoms with Gasteiger partial charge in [0.05, 0.1) is 25.9 Å². The SMILES string of the molecule is O=C1CC2OCCOCC2=C1/C=C/c1ccccc1. The number of hydrogen-bond donors (Lipinski definition) is 0. The molecule has 0 aromatic heterocycles. The fraction of sp³-hybridized carbons (Fsp3) is 0.312. The predicted octanol–water partition coefficient (Wildman–Crippen LogP) is 2.38. The van der Waals surface area contributed by atoms with Crippen molar-refractivity contribution in [3.8, 4) is 0 Å². The van der Waals surface area contributed by atoms with Gasteiger partial charge in [0.2, 0.25) is 0 Å². The lowest BCUT2D eigenvalue weighted by Gasteiger charge is -2.09. The van der Waals surface area contributed by atoms with E-state index in [-0.39, 0.29) is 11.9 Å².